The van der Waals surface area contributed by atoms with Crippen LogP contribution >= 0.6 is 0 Å². The summed E-state index contributed by atoms with van der Waals surface area (Å²) in [6.45, 7) is 2.51. The number of hydrogen-bond donors (Lipinski definition) is 0. The minimum absolute atomic E-state index is 0.0417. The molecule has 1 unspecified atom stereocenters. The number of ether oxygens (including phenoxy) is 4. The van der Waals surface area contributed by atoms with Crippen molar-refractivity contribution in [1.29, 1.82) is 0 Å². The van der Waals surface area contributed by atoms with Gasteiger partial charge in [-0.2, -0.15) is 5.10 Å². The first kappa shape index (κ1) is 16.3. The van der Waals surface area contributed by atoms with Gasteiger partial charge in [-0.1, -0.05) is 0 Å². The number of carbonyl (C=O) groups excluding carboxylic acids is 1. The van der Waals surface area contributed by atoms with Crippen molar-refractivity contribution in [3.8, 4) is 22.8 Å². The fourth-order valence-electron chi connectivity index (χ4n) is 2.66. The molecule has 0 spiro atoms. The largest absolute Gasteiger partial charge is 0.493 e. The Kier molecular flexibility index (Phi) is 5.32. The molecule has 2 aromatic rings. The van der Waals surface area contributed by atoms with Crippen LogP contribution in [-0.4, -0.2) is 49.3 Å². The van der Waals surface area contributed by atoms with E-state index in [1.54, 1.807) is 18.0 Å². The van der Waals surface area contributed by atoms with Gasteiger partial charge in [-0.15, -0.1) is 0 Å². The molecule has 1 fully saturated rings. The molecule has 0 amide bonds. The molecule has 24 heavy (non-hydrogen) atoms. The molecule has 0 aliphatic carbocycles. The zero-order valence-corrected chi connectivity index (χ0v) is 13.5. The van der Waals surface area contributed by atoms with Gasteiger partial charge < -0.3 is 18.9 Å². The number of carbonyl (C=O) groups is 1. The van der Waals surface area contributed by atoms with Crippen LogP contribution in [0.2, 0.25) is 0 Å². The molecule has 0 radical (unpaired) electrons. The van der Waals surface area contributed by atoms with Gasteiger partial charge >= 0.3 is 0 Å². The molecule has 1 atom stereocenters. The van der Waals surface area contributed by atoms with E-state index in [0.717, 1.165) is 24.3 Å². The van der Waals surface area contributed by atoms with E-state index in [1.807, 2.05) is 24.3 Å². The van der Waals surface area contributed by atoms with Crippen LogP contribution in [0.5, 0.6) is 11.5 Å². The van der Waals surface area contributed by atoms with Crippen LogP contribution in [0.25, 0.3) is 11.3 Å². The van der Waals surface area contributed by atoms with E-state index in [9.17, 15) is 4.79 Å². The third-order valence-corrected chi connectivity index (χ3v) is 3.85. The molecular weight excluding hydrogens is 312 g/mol. The van der Waals surface area contributed by atoms with Crippen LogP contribution in [0, 0.1) is 0 Å². The van der Waals surface area contributed by atoms with Crippen LogP contribution in [0.3, 0.4) is 0 Å². The summed E-state index contributed by atoms with van der Waals surface area (Å²) in [5.41, 5.74) is 1.87. The maximum absolute atomic E-state index is 10.3. The minimum atomic E-state index is 0.0417. The molecule has 0 N–H and O–H groups in total. The topological polar surface area (TPSA) is 71.8 Å². The van der Waals surface area contributed by atoms with Crippen LogP contribution in [0.4, 0.5) is 0 Å². The Hall–Kier alpha value is -2.54. The molecule has 1 aliphatic rings. The molecule has 1 aliphatic heterocycles. The average Bonchev–Trinajstić information content (AvgIpc) is 3.27. The predicted octanol–water partition coefficient (Wildman–Crippen LogP) is 1.90. The zero-order valence-electron chi connectivity index (χ0n) is 13.5. The number of nitrogens with zero attached hydrogens (tertiary/aromatic N) is 2. The number of methoxy groups -OCH3 is 1. The summed E-state index contributed by atoms with van der Waals surface area (Å²) in [6.07, 6.45) is 2.63. The molecule has 7 nitrogen and oxygen atoms in total. The highest BCUT2D eigenvalue weighted by Gasteiger charge is 2.20. The summed E-state index contributed by atoms with van der Waals surface area (Å²) in [4.78, 5) is 10.3. The van der Waals surface area contributed by atoms with Crippen molar-refractivity contribution in [3.63, 3.8) is 0 Å². The summed E-state index contributed by atoms with van der Waals surface area (Å²) in [6, 6.07) is 7.67. The molecular formula is C17H20N2O5. The van der Waals surface area contributed by atoms with Gasteiger partial charge in [-0.25, -0.2) is 0 Å². The SMILES string of the molecule is COc1ccc(-c2ccnn2CCOC=O)cc1OC1CCOC1. The van der Waals surface area contributed by atoms with E-state index in [2.05, 4.69) is 5.10 Å². The van der Waals surface area contributed by atoms with E-state index < -0.39 is 0 Å². The van der Waals surface area contributed by atoms with Crippen molar-refractivity contribution in [3.05, 3.63) is 30.5 Å². The normalized spacial score (nSPS) is 16.8. The van der Waals surface area contributed by atoms with Gasteiger partial charge in [-0.05, 0) is 24.3 Å². The molecule has 2 heterocycles. The first-order valence-electron chi connectivity index (χ1n) is 7.81. The van der Waals surface area contributed by atoms with Gasteiger partial charge in [0.15, 0.2) is 11.5 Å². The minimum Gasteiger partial charge on any atom is -0.493 e. The first-order chi connectivity index (χ1) is 11.8. The maximum atomic E-state index is 10.3. The lowest BCUT2D eigenvalue weighted by Crippen LogP contribution is -2.16. The molecule has 0 bridgehead atoms. The van der Waals surface area contributed by atoms with Crippen LogP contribution in [0.15, 0.2) is 30.5 Å². The highest BCUT2D eigenvalue weighted by atomic mass is 16.6. The van der Waals surface area contributed by atoms with E-state index in [4.69, 9.17) is 18.9 Å². The summed E-state index contributed by atoms with van der Waals surface area (Å²) < 4.78 is 23.3. The first-order valence-corrected chi connectivity index (χ1v) is 7.81. The van der Waals surface area contributed by atoms with E-state index in [-0.39, 0.29) is 12.7 Å². The maximum Gasteiger partial charge on any atom is 0.293 e. The quantitative estimate of drug-likeness (QED) is 0.543. The number of rotatable bonds is 8. The second kappa shape index (κ2) is 7.83. The zero-order chi connectivity index (χ0) is 16.8. The number of benzene rings is 1. The fourth-order valence-corrected chi connectivity index (χ4v) is 2.66. The fraction of sp³-hybridized carbons (Fsp3) is 0.412. The molecule has 1 aromatic heterocycles. The van der Waals surface area contributed by atoms with Crippen molar-refractivity contribution in [2.24, 2.45) is 0 Å². The Balaban J connectivity index is 1.83. The second-order valence-corrected chi connectivity index (χ2v) is 5.38. The molecule has 0 saturated carbocycles. The average molecular weight is 332 g/mol. The lowest BCUT2D eigenvalue weighted by molar-refractivity contribution is -0.128. The summed E-state index contributed by atoms with van der Waals surface area (Å²) in [7, 11) is 1.62. The Morgan fingerprint density at radius 3 is 3.04 bits per heavy atom. The molecule has 7 heteroatoms. The van der Waals surface area contributed by atoms with Crippen molar-refractivity contribution in [2.75, 3.05) is 26.9 Å². The van der Waals surface area contributed by atoms with Gasteiger partial charge in [0.05, 0.1) is 32.6 Å². The molecule has 128 valence electrons. The molecule has 1 aromatic carbocycles. The summed E-state index contributed by atoms with van der Waals surface area (Å²) >= 11 is 0. The van der Waals surface area contributed by atoms with E-state index in [0.29, 0.717) is 31.1 Å². The van der Waals surface area contributed by atoms with Crippen molar-refractivity contribution in [2.45, 2.75) is 19.1 Å². The lowest BCUT2D eigenvalue weighted by Gasteiger charge is -2.16. The van der Waals surface area contributed by atoms with E-state index in [1.165, 1.54) is 0 Å². The van der Waals surface area contributed by atoms with Gasteiger partial charge in [0.25, 0.3) is 6.47 Å². The summed E-state index contributed by atoms with van der Waals surface area (Å²) in [5.74, 6) is 1.36. The number of hydrogen-bond acceptors (Lipinski definition) is 6. The van der Waals surface area contributed by atoms with Crippen molar-refractivity contribution in [1.82, 2.24) is 9.78 Å². The highest BCUT2D eigenvalue weighted by molar-refractivity contribution is 5.64. The Morgan fingerprint density at radius 2 is 2.29 bits per heavy atom. The molecule has 1 saturated heterocycles. The van der Waals surface area contributed by atoms with Crippen molar-refractivity contribution >= 4 is 6.47 Å². The van der Waals surface area contributed by atoms with Crippen LogP contribution < -0.4 is 9.47 Å². The van der Waals surface area contributed by atoms with Crippen molar-refractivity contribution < 1.29 is 23.7 Å². The highest BCUT2D eigenvalue weighted by Crippen LogP contribution is 2.34. The van der Waals surface area contributed by atoms with Gasteiger partial charge in [0.1, 0.15) is 12.7 Å². The molecule has 3 rings (SSSR count). The standard InChI is InChI=1S/C17H20N2O5/c1-21-16-3-2-13(10-17(16)24-14-5-8-22-11-14)15-4-6-18-19(15)7-9-23-12-20/h2-4,6,10,12,14H,5,7-9,11H2,1H3. The lowest BCUT2D eigenvalue weighted by atomic mass is 10.1. The smallest absolute Gasteiger partial charge is 0.293 e. The Bertz CT molecular complexity index is 679. The van der Waals surface area contributed by atoms with Gasteiger partial charge in [0.2, 0.25) is 0 Å². The predicted molar refractivity (Wildman–Crippen MR) is 86.1 cm³/mol. The van der Waals surface area contributed by atoms with Gasteiger partial charge in [-0.3, -0.25) is 9.48 Å². The Labute approximate surface area is 140 Å². The second-order valence-electron chi connectivity index (χ2n) is 5.38. The monoisotopic (exact) mass is 332 g/mol. The van der Waals surface area contributed by atoms with Gasteiger partial charge in [0, 0.05) is 18.2 Å². The van der Waals surface area contributed by atoms with Crippen LogP contribution in [0.1, 0.15) is 6.42 Å². The van der Waals surface area contributed by atoms with E-state index >= 15 is 0 Å². The van der Waals surface area contributed by atoms with Crippen LogP contribution in [-0.2, 0) is 20.8 Å². The number of aromatic nitrogens is 2. The third-order valence-electron chi connectivity index (χ3n) is 3.85. The Morgan fingerprint density at radius 1 is 1.38 bits per heavy atom. The summed E-state index contributed by atoms with van der Waals surface area (Å²) in [5, 5.41) is 4.27. The third kappa shape index (κ3) is 3.68.